The molecule has 0 fully saturated rings. The molecule has 0 saturated carbocycles. The summed E-state index contributed by atoms with van der Waals surface area (Å²) in [6.07, 6.45) is 0.414. The summed E-state index contributed by atoms with van der Waals surface area (Å²) in [5.74, 6) is 0.209. The monoisotopic (exact) mass is 428 g/mol. The highest BCUT2D eigenvalue weighted by Crippen LogP contribution is 2.23. The lowest BCUT2D eigenvalue weighted by atomic mass is 10.0. The Hall–Kier alpha value is -4.33. The van der Waals surface area contributed by atoms with Gasteiger partial charge in [0.15, 0.2) is 0 Å². The van der Waals surface area contributed by atoms with Crippen LogP contribution in [0, 0.1) is 17.0 Å². The highest BCUT2D eigenvalue weighted by molar-refractivity contribution is 5.95. The first-order valence-electron chi connectivity index (χ1n) is 9.99. The van der Waals surface area contributed by atoms with Crippen LogP contribution in [0.25, 0.3) is 11.4 Å². The van der Waals surface area contributed by atoms with Crippen molar-refractivity contribution in [3.8, 4) is 11.4 Å². The maximum atomic E-state index is 12.9. The van der Waals surface area contributed by atoms with Gasteiger partial charge in [-0.25, -0.2) is 0 Å². The number of aryl methyl sites for hydroxylation is 1. The lowest BCUT2D eigenvalue weighted by Gasteiger charge is -2.15. The highest BCUT2D eigenvalue weighted by Gasteiger charge is 2.24. The summed E-state index contributed by atoms with van der Waals surface area (Å²) in [6, 6.07) is 22.3. The molecule has 4 aromatic rings. The average Bonchev–Trinajstić information content (AvgIpc) is 3.30. The summed E-state index contributed by atoms with van der Waals surface area (Å²) in [5.41, 5.74) is 2.86. The third kappa shape index (κ3) is 4.86. The average molecular weight is 428 g/mol. The number of carbonyl (C=O) groups is 1. The van der Waals surface area contributed by atoms with Crippen molar-refractivity contribution in [3.05, 3.63) is 112 Å². The zero-order chi connectivity index (χ0) is 22.5. The van der Waals surface area contributed by atoms with E-state index in [1.807, 2.05) is 61.5 Å². The van der Waals surface area contributed by atoms with Gasteiger partial charge in [0.05, 0.1) is 4.92 Å². The van der Waals surface area contributed by atoms with E-state index in [4.69, 9.17) is 4.52 Å². The number of benzene rings is 3. The van der Waals surface area contributed by atoms with Crippen LogP contribution in [0.1, 0.15) is 33.4 Å². The number of hydrogen-bond acceptors (Lipinski definition) is 6. The number of carbonyl (C=O) groups excluding carboxylic acids is 1. The minimum atomic E-state index is -0.616. The molecule has 8 heteroatoms. The highest BCUT2D eigenvalue weighted by atomic mass is 16.6. The van der Waals surface area contributed by atoms with E-state index in [1.54, 1.807) is 0 Å². The predicted molar refractivity (Wildman–Crippen MR) is 118 cm³/mol. The normalized spacial score (nSPS) is 11.7. The second-order valence-electron chi connectivity index (χ2n) is 7.35. The van der Waals surface area contributed by atoms with Gasteiger partial charge in [-0.1, -0.05) is 65.3 Å². The minimum Gasteiger partial charge on any atom is -0.340 e. The summed E-state index contributed by atoms with van der Waals surface area (Å²) in [4.78, 5) is 27.9. The topological polar surface area (TPSA) is 111 Å². The van der Waals surface area contributed by atoms with Gasteiger partial charge in [-0.05, 0) is 24.6 Å². The van der Waals surface area contributed by atoms with Crippen molar-refractivity contribution in [2.75, 3.05) is 0 Å². The van der Waals surface area contributed by atoms with Gasteiger partial charge in [0.1, 0.15) is 6.04 Å². The van der Waals surface area contributed by atoms with E-state index in [1.165, 1.54) is 24.3 Å². The van der Waals surface area contributed by atoms with E-state index in [9.17, 15) is 14.9 Å². The minimum absolute atomic E-state index is 0.156. The van der Waals surface area contributed by atoms with E-state index in [0.29, 0.717) is 12.2 Å². The molecule has 0 aliphatic heterocycles. The SMILES string of the molecule is Cc1cccc(-c2noc([C@H](Cc3ccccc3)NC(=O)c3cccc([N+](=O)[O-])c3)n2)c1. The van der Waals surface area contributed by atoms with Crippen molar-refractivity contribution in [1.82, 2.24) is 15.5 Å². The van der Waals surface area contributed by atoms with Crippen molar-refractivity contribution in [3.63, 3.8) is 0 Å². The van der Waals surface area contributed by atoms with E-state index in [0.717, 1.165) is 16.7 Å². The lowest BCUT2D eigenvalue weighted by Crippen LogP contribution is -2.30. The molecule has 1 aromatic heterocycles. The van der Waals surface area contributed by atoms with Crippen LogP contribution in [0.4, 0.5) is 5.69 Å². The standard InChI is InChI=1S/C24H20N4O4/c1-16-7-5-10-18(13-16)22-26-24(32-27-22)21(14-17-8-3-2-4-9-17)25-23(29)19-11-6-12-20(15-19)28(30)31/h2-13,15,21H,14H2,1H3,(H,25,29)/t21-/m0/s1. The van der Waals surface area contributed by atoms with Gasteiger partial charge in [-0.15, -0.1) is 0 Å². The van der Waals surface area contributed by atoms with E-state index < -0.39 is 16.9 Å². The number of nitrogens with zero attached hydrogens (tertiary/aromatic N) is 3. The molecule has 8 nitrogen and oxygen atoms in total. The first kappa shape index (κ1) is 20.9. The van der Waals surface area contributed by atoms with Crippen LogP contribution >= 0.6 is 0 Å². The molecule has 3 aromatic carbocycles. The van der Waals surface area contributed by atoms with Crippen molar-refractivity contribution >= 4 is 11.6 Å². The summed E-state index contributed by atoms with van der Waals surface area (Å²) < 4.78 is 5.51. The molecule has 0 radical (unpaired) electrons. The Morgan fingerprint density at radius 1 is 1.06 bits per heavy atom. The summed E-state index contributed by atoms with van der Waals surface area (Å²) in [6.45, 7) is 1.97. The molecular formula is C24H20N4O4. The summed E-state index contributed by atoms with van der Waals surface area (Å²) >= 11 is 0. The number of non-ortho nitro benzene ring substituents is 1. The Balaban J connectivity index is 1.63. The fourth-order valence-corrected chi connectivity index (χ4v) is 3.33. The summed E-state index contributed by atoms with van der Waals surface area (Å²) in [7, 11) is 0. The zero-order valence-corrected chi connectivity index (χ0v) is 17.3. The molecule has 0 bridgehead atoms. The zero-order valence-electron chi connectivity index (χ0n) is 17.3. The van der Waals surface area contributed by atoms with Crippen LogP contribution in [-0.4, -0.2) is 21.0 Å². The van der Waals surface area contributed by atoms with Gasteiger partial charge in [-0.3, -0.25) is 14.9 Å². The number of rotatable bonds is 7. The van der Waals surface area contributed by atoms with E-state index in [-0.39, 0.29) is 17.1 Å². The molecule has 1 amide bonds. The fraction of sp³-hybridized carbons (Fsp3) is 0.125. The van der Waals surface area contributed by atoms with Crippen LogP contribution < -0.4 is 5.32 Å². The smallest absolute Gasteiger partial charge is 0.270 e. The Bertz CT molecular complexity index is 1250. The maximum Gasteiger partial charge on any atom is 0.270 e. The number of aromatic nitrogens is 2. The molecule has 0 spiro atoms. The van der Waals surface area contributed by atoms with Crippen LogP contribution in [0.3, 0.4) is 0 Å². The largest absolute Gasteiger partial charge is 0.340 e. The molecule has 32 heavy (non-hydrogen) atoms. The molecule has 1 atom stereocenters. The number of nitrogens with one attached hydrogen (secondary N) is 1. The van der Waals surface area contributed by atoms with Gasteiger partial charge in [0.25, 0.3) is 11.6 Å². The first-order valence-corrected chi connectivity index (χ1v) is 9.99. The molecule has 0 aliphatic rings. The van der Waals surface area contributed by atoms with Gasteiger partial charge in [0, 0.05) is 29.7 Å². The van der Waals surface area contributed by atoms with Crippen LogP contribution in [0.15, 0.2) is 83.4 Å². The summed E-state index contributed by atoms with van der Waals surface area (Å²) in [5, 5.41) is 18.0. The Morgan fingerprint density at radius 3 is 2.59 bits per heavy atom. The predicted octanol–water partition coefficient (Wildman–Crippen LogP) is 4.67. The van der Waals surface area contributed by atoms with Crippen LogP contribution in [-0.2, 0) is 6.42 Å². The van der Waals surface area contributed by atoms with Gasteiger partial charge >= 0.3 is 0 Å². The third-order valence-corrected chi connectivity index (χ3v) is 4.92. The fourth-order valence-electron chi connectivity index (χ4n) is 3.33. The Labute approximate surface area is 184 Å². The number of nitro benzene ring substituents is 1. The molecule has 0 aliphatic carbocycles. The van der Waals surface area contributed by atoms with Crippen molar-refractivity contribution in [1.29, 1.82) is 0 Å². The first-order chi connectivity index (χ1) is 15.5. The second kappa shape index (κ2) is 9.22. The number of amides is 1. The quantitative estimate of drug-likeness (QED) is 0.338. The number of hydrogen-bond donors (Lipinski definition) is 1. The molecule has 4 rings (SSSR count). The molecule has 0 saturated heterocycles. The number of nitro groups is 1. The van der Waals surface area contributed by atoms with E-state index in [2.05, 4.69) is 15.5 Å². The van der Waals surface area contributed by atoms with Crippen molar-refractivity contribution < 1.29 is 14.2 Å². The van der Waals surface area contributed by atoms with Crippen molar-refractivity contribution in [2.24, 2.45) is 0 Å². The molecule has 160 valence electrons. The van der Waals surface area contributed by atoms with Crippen molar-refractivity contribution in [2.45, 2.75) is 19.4 Å². The Kier molecular flexibility index (Phi) is 6.03. The maximum absolute atomic E-state index is 12.9. The van der Waals surface area contributed by atoms with Gasteiger partial charge in [0.2, 0.25) is 11.7 Å². The molecular weight excluding hydrogens is 408 g/mol. The van der Waals surface area contributed by atoms with Crippen LogP contribution in [0.2, 0.25) is 0 Å². The molecule has 0 unspecified atom stereocenters. The molecule has 1 heterocycles. The van der Waals surface area contributed by atoms with Crippen LogP contribution in [0.5, 0.6) is 0 Å². The second-order valence-corrected chi connectivity index (χ2v) is 7.35. The lowest BCUT2D eigenvalue weighted by molar-refractivity contribution is -0.384. The van der Waals surface area contributed by atoms with Gasteiger partial charge in [-0.2, -0.15) is 4.98 Å². The van der Waals surface area contributed by atoms with Gasteiger partial charge < -0.3 is 9.84 Å². The van der Waals surface area contributed by atoms with E-state index >= 15 is 0 Å². The molecule has 1 N–H and O–H groups in total. The third-order valence-electron chi connectivity index (χ3n) is 4.92. The Morgan fingerprint density at radius 2 is 1.84 bits per heavy atom.